The van der Waals surface area contributed by atoms with Gasteiger partial charge in [-0.1, -0.05) is 29.8 Å². The summed E-state index contributed by atoms with van der Waals surface area (Å²) in [4.78, 5) is 23.7. The number of carboxylic acid groups (broad SMARTS) is 1. The maximum absolute atomic E-state index is 12.7. The van der Waals surface area contributed by atoms with E-state index < -0.39 is 11.9 Å². The van der Waals surface area contributed by atoms with Crippen molar-refractivity contribution in [2.75, 3.05) is 19.0 Å². The third kappa shape index (κ3) is 6.78. The Kier molecular flexibility index (Phi) is 8.92. The molecule has 0 saturated heterocycles. The predicted molar refractivity (Wildman–Crippen MR) is 136 cm³/mol. The maximum atomic E-state index is 12.7. The van der Waals surface area contributed by atoms with Crippen molar-refractivity contribution in [3.63, 3.8) is 0 Å². The highest BCUT2D eigenvalue weighted by Crippen LogP contribution is 2.37. The molecule has 0 bridgehead atoms. The van der Waals surface area contributed by atoms with Crippen molar-refractivity contribution in [1.82, 2.24) is 0 Å². The molecule has 0 aliphatic carbocycles. The molecule has 2 N–H and O–H groups in total. The number of carboxylic acids is 1. The number of halogens is 1. The number of hydrogen-bond donors (Lipinski definition) is 2. The molecule has 8 nitrogen and oxygen atoms in total. The van der Waals surface area contributed by atoms with Gasteiger partial charge < -0.3 is 24.6 Å². The van der Waals surface area contributed by atoms with E-state index in [1.807, 2.05) is 13.0 Å². The number of methoxy groups -OCH3 is 1. The number of nitrogens with zero attached hydrogens (tertiary/aromatic N) is 1. The summed E-state index contributed by atoms with van der Waals surface area (Å²) in [6.07, 6.45) is 1.39. The molecule has 0 atom stereocenters. The average Bonchev–Trinajstić information content (AvgIpc) is 2.87. The number of nitrogens with one attached hydrogen (secondary N) is 1. The minimum atomic E-state index is -1.01. The second-order valence-corrected chi connectivity index (χ2v) is 7.82. The first kappa shape index (κ1) is 26.1. The summed E-state index contributed by atoms with van der Waals surface area (Å²) in [5.74, 6) is -0.429. The molecule has 0 spiro atoms. The van der Waals surface area contributed by atoms with E-state index in [0.29, 0.717) is 29.4 Å². The number of amides is 1. The molecule has 3 aromatic rings. The van der Waals surface area contributed by atoms with Crippen LogP contribution in [0.3, 0.4) is 0 Å². The summed E-state index contributed by atoms with van der Waals surface area (Å²) in [6, 6.07) is 18.1. The van der Waals surface area contributed by atoms with Crippen molar-refractivity contribution in [3.8, 4) is 23.3 Å². The monoisotopic (exact) mass is 506 g/mol. The van der Waals surface area contributed by atoms with Crippen LogP contribution in [0, 0.1) is 11.3 Å². The molecule has 0 heterocycles. The van der Waals surface area contributed by atoms with Crippen LogP contribution in [0.4, 0.5) is 5.69 Å². The lowest BCUT2D eigenvalue weighted by molar-refractivity contribution is -0.112. The highest BCUT2D eigenvalue weighted by molar-refractivity contribution is 6.32. The first-order chi connectivity index (χ1) is 17.3. The zero-order valence-electron chi connectivity index (χ0n) is 19.6. The largest absolute Gasteiger partial charge is 0.494 e. The van der Waals surface area contributed by atoms with Gasteiger partial charge in [-0.05, 0) is 60.5 Å². The van der Waals surface area contributed by atoms with E-state index >= 15 is 0 Å². The lowest BCUT2D eigenvalue weighted by atomic mass is 10.1. The van der Waals surface area contributed by atoms with Gasteiger partial charge in [-0.3, -0.25) is 4.79 Å². The summed E-state index contributed by atoms with van der Waals surface area (Å²) in [6.45, 7) is 2.47. The fourth-order valence-corrected chi connectivity index (χ4v) is 3.48. The van der Waals surface area contributed by atoms with Crippen LogP contribution in [-0.2, 0) is 11.4 Å². The van der Waals surface area contributed by atoms with E-state index in [1.54, 1.807) is 48.5 Å². The molecule has 0 radical (unpaired) electrons. The SMILES string of the molecule is CCOc1cccc(NC(=O)/C(C#N)=C\c2cc(Cl)c(OCc3ccc(C(=O)O)cc3)c(OC)c2)c1. The Bertz CT molecular complexity index is 1330. The van der Waals surface area contributed by atoms with Gasteiger partial charge in [0.05, 0.1) is 24.3 Å². The lowest BCUT2D eigenvalue weighted by Gasteiger charge is -2.14. The van der Waals surface area contributed by atoms with Gasteiger partial charge in [0.1, 0.15) is 24.0 Å². The van der Waals surface area contributed by atoms with Gasteiger partial charge in [-0.15, -0.1) is 0 Å². The van der Waals surface area contributed by atoms with Gasteiger partial charge in [0.15, 0.2) is 11.5 Å². The molecule has 3 rings (SSSR count). The molecule has 0 aliphatic heterocycles. The van der Waals surface area contributed by atoms with Crippen molar-refractivity contribution in [3.05, 3.63) is 87.9 Å². The standard InChI is InChI=1S/C27H23ClN2O6/c1-3-35-22-6-4-5-21(14-22)30-26(31)20(15-29)11-18-12-23(28)25(24(13-18)34-2)36-16-17-7-9-19(10-8-17)27(32)33/h4-14H,3,16H2,1-2H3,(H,30,31)(H,32,33)/b20-11-. The van der Waals surface area contributed by atoms with E-state index in [2.05, 4.69) is 5.32 Å². The highest BCUT2D eigenvalue weighted by atomic mass is 35.5. The summed E-state index contributed by atoms with van der Waals surface area (Å²) < 4.78 is 16.6. The molecule has 184 valence electrons. The Balaban J connectivity index is 1.78. The molecule has 0 saturated carbocycles. The highest BCUT2D eigenvalue weighted by Gasteiger charge is 2.15. The molecular formula is C27H23ClN2O6. The molecule has 0 aliphatic rings. The van der Waals surface area contributed by atoms with Crippen LogP contribution in [-0.4, -0.2) is 30.7 Å². The number of anilines is 1. The fourth-order valence-electron chi connectivity index (χ4n) is 3.21. The van der Waals surface area contributed by atoms with Crippen LogP contribution in [0.1, 0.15) is 28.4 Å². The van der Waals surface area contributed by atoms with E-state index in [4.69, 9.17) is 30.9 Å². The second kappa shape index (κ2) is 12.3. The molecule has 0 aromatic heterocycles. The van der Waals surface area contributed by atoms with Crippen molar-refractivity contribution in [2.24, 2.45) is 0 Å². The second-order valence-electron chi connectivity index (χ2n) is 7.41. The zero-order valence-corrected chi connectivity index (χ0v) is 20.3. The zero-order chi connectivity index (χ0) is 26.1. The van der Waals surface area contributed by atoms with Crippen molar-refractivity contribution < 1.29 is 28.9 Å². The first-order valence-corrected chi connectivity index (χ1v) is 11.2. The minimum absolute atomic E-state index is 0.123. The first-order valence-electron chi connectivity index (χ1n) is 10.8. The summed E-state index contributed by atoms with van der Waals surface area (Å²) >= 11 is 6.42. The van der Waals surface area contributed by atoms with Crippen molar-refractivity contribution in [2.45, 2.75) is 13.5 Å². The Hall–Kier alpha value is -4.48. The van der Waals surface area contributed by atoms with Crippen LogP contribution < -0.4 is 19.5 Å². The van der Waals surface area contributed by atoms with Crippen molar-refractivity contribution in [1.29, 1.82) is 5.26 Å². The summed E-state index contributed by atoms with van der Waals surface area (Å²) in [5, 5.41) is 21.5. The number of aromatic carboxylic acids is 1. The molecule has 0 unspecified atom stereocenters. The quantitative estimate of drug-likeness (QED) is 0.272. The van der Waals surface area contributed by atoms with E-state index in [0.717, 1.165) is 5.56 Å². The topological polar surface area (TPSA) is 118 Å². The van der Waals surface area contributed by atoms with Crippen LogP contribution in [0.15, 0.2) is 66.2 Å². The number of carbonyl (C=O) groups is 2. The predicted octanol–water partition coefficient (Wildman–Crippen LogP) is 5.57. The van der Waals surface area contributed by atoms with Crippen LogP contribution in [0.5, 0.6) is 17.2 Å². The average molecular weight is 507 g/mol. The number of ether oxygens (including phenoxy) is 3. The van der Waals surface area contributed by atoms with Gasteiger partial charge in [-0.25, -0.2) is 4.79 Å². The Morgan fingerprint density at radius 3 is 2.50 bits per heavy atom. The number of hydrogen-bond acceptors (Lipinski definition) is 6. The van der Waals surface area contributed by atoms with Gasteiger partial charge in [0.2, 0.25) is 0 Å². The maximum Gasteiger partial charge on any atom is 0.335 e. The number of nitriles is 1. The molecular weight excluding hydrogens is 484 g/mol. The van der Waals surface area contributed by atoms with Crippen LogP contribution in [0.25, 0.3) is 6.08 Å². The lowest BCUT2D eigenvalue weighted by Crippen LogP contribution is -2.13. The third-order valence-electron chi connectivity index (χ3n) is 4.91. The Morgan fingerprint density at radius 2 is 1.86 bits per heavy atom. The molecule has 1 amide bonds. The fraction of sp³-hybridized carbons (Fsp3) is 0.148. The van der Waals surface area contributed by atoms with Crippen LogP contribution >= 0.6 is 11.6 Å². The third-order valence-corrected chi connectivity index (χ3v) is 5.20. The number of benzene rings is 3. The Morgan fingerprint density at radius 1 is 1.11 bits per heavy atom. The van der Waals surface area contributed by atoms with Gasteiger partial charge in [-0.2, -0.15) is 5.26 Å². The van der Waals surface area contributed by atoms with Crippen LogP contribution in [0.2, 0.25) is 5.02 Å². The minimum Gasteiger partial charge on any atom is -0.494 e. The Labute approximate surface area is 213 Å². The molecule has 3 aromatic carbocycles. The van der Waals surface area contributed by atoms with E-state index in [1.165, 1.54) is 25.3 Å². The van der Waals surface area contributed by atoms with E-state index in [9.17, 15) is 14.9 Å². The molecule has 36 heavy (non-hydrogen) atoms. The van der Waals surface area contributed by atoms with Gasteiger partial charge >= 0.3 is 5.97 Å². The molecule has 0 fully saturated rings. The van der Waals surface area contributed by atoms with Crippen molar-refractivity contribution >= 4 is 35.2 Å². The number of carbonyl (C=O) groups excluding carboxylic acids is 1. The number of rotatable bonds is 10. The normalized spacial score (nSPS) is 10.8. The summed E-state index contributed by atoms with van der Waals surface area (Å²) in [5.41, 5.74) is 1.72. The van der Waals surface area contributed by atoms with Gasteiger partial charge in [0.25, 0.3) is 5.91 Å². The van der Waals surface area contributed by atoms with Gasteiger partial charge in [0, 0.05) is 11.8 Å². The van der Waals surface area contributed by atoms with E-state index in [-0.39, 0.29) is 28.5 Å². The summed E-state index contributed by atoms with van der Waals surface area (Å²) in [7, 11) is 1.44. The molecule has 9 heteroatoms. The smallest absolute Gasteiger partial charge is 0.335 e.